The smallest absolute Gasteiger partial charge is 0.0807 e. The maximum atomic E-state index is 5.47. The van der Waals surface area contributed by atoms with E-state index in [1.807, 2.05) is 26.2 Å². The Labute approximate surface area is 84.8 Å². The fourth-order valence-electron chi connectivity index (χ4n) is 1.33. The van der Waals surface area contributed by atoms with Crippen LogP contribution in [0.15, 0.2) is 24.4 Å². The molecule has 3 N–H and O–H groups in total. The zero-order valence-electron chi connectivity index (χ0n) is 8.83. The Kier molecular flexibility index (Phi) is 3.85. The van der Waals surface area contributed by atoms with Crippen molar-refractivity contribution in [1.29, 1.82) is 0 Å². The third-order valence-electron chi connectivity index (χ3n) is 2.15. The summed E-state index contributed by atoms with van der Waals surface area (Å²) in [6, 6.07) is 2.09. The first kappa shape index (κ1) is 10.9. The van der Waals surface area contributed by atoms with E-state index in [9.17, 15) is 0 Å². The highest BCUT2D eigenvalue weighted by molar-refractivity contribution is 5.06. The Hall–Kier alpha value is -1.13. The topological polar surface area (TPSA) is 55.9 Å². The van der Waals surface area contributed by atoms with Gasteiger partial charge < -0.3 is 0 Å². The molecule has 14 heavy (non-hydrogen) atoms. The lowest BCUT2D eigenvalue weighted by molar-refractivity contribution is 0.497. The van der Waals surface area contributed by atoms with Crippen LogP contribution in [0.3, 0.4) is 0 Å². The first-order chi connectivity index (χ1) is 6.63. The van der Waals surface area contributed by atoms with Crippen molar-refractivity contribution in [2.45, 2.75) is 25.8 Å². The molecule has 0 fully saturated rings. The zero-order chi connectivity index (χ0) is 10.6. The number of nitrogens with zero attached hydrogens (tertiary/aromatic N) is 2. The van der Waals surface area contributed by atoms with E-state index < -0.39 is 0 Å². The number of hydrogen-bond donors (Lipinski definition) is 2. The summed E-state index contributed by atoms with van der Waals surface area (Å²) in [5.41, 5.74) is 4.92. The van der Waals surface area contributed by atoms with Crippen LogP contribution in [-0.2, 0) is 7.05 Å². The predicted octanol–water partition coefficient (Wildman–Crippen LogP) is 1.28. The summed E-state index contributed by atoms with van der Waals surface area (Å²) < 4.78 is 1.78. The van der Waals surface area contributed by atoms with Crippen molar-refractivity contribution in [2.75, 3.05) is 0 Å². The average Bonchev–Trinajstić information content (AvgIpc) is 2.53. The van der Waals surface area contributed by atoms with Crippen molar-refractivity contribution in [3.63, 3.8) is 0 Å². The number of hydrogen-bond acceptors (Lipinski definition) is 3. The van der Waals surface area contributed by atoms with Gasteiger partial charge in [-0.15, -0.1) is 6.58 Å². The molecule has 0 aliphatic rings. The normalized spacial score (nSPS) is 12.8. The van der Waals surface area contributed by atoms with Crippen molar-refractivity contribution in [1.82, 2.24) is 15.2 Å². The quantitative estimate of drug-likeness (QED) is 0.422. The molecule has 0 aromatic carbocycles. The number of hydrazine groups is 1. The number of nitrogens with two attached hydrogens (primary N) is 1. The second kappa shape index (κ2) is 4.93. The molecule has 1 atom stereocenters. The molecule has 1 unspecified atom stereocenters. The van der Waals surface area contributed by atoms with Crippen LogP contribution in [0.2, 0.25) is 0 Å². The lowest BCUT2D eigenvalue weighted by Crippen LogP contribution is -2.28. The first-order valence-corrected chi connectivity index (χ1v) is 4.73. The Morgan fingerprint density at radius 2 is 2.50 bits per heavy atom. The summed E-state index contributed by atoms with van der Waals surface area (Å²) in [6.45, 7) is 5.89. The summed E-state index contributed by atoms with van der Waals surface area (Å²) in [5, 5.41) is 4.30. The maximum absolute atomic E-state index is 5.47. The Morgan fingerprint density at radius 1 is 1.79 bits per heavy atom. The van der Waals surface area contributed by atoms with Gasteiger partial charge in [-0.05, 0) is 25.8 Å². The summed E-state index contributed by atoms with van der Waals surface area (Å²) in [7, 11) is 1.90. The molecule has 78 valence electrons. The highest BCUT2D eigenvalue weighted by Gasteiger charge is 2.11. The molecule has 0 saturated heterocycles. The molecule has 0 aliphatic heterocycles. The van der Waals surface area contributed by atoms with Crippen LogP contribution in [0, 0.1) is 0 Å². The van der Waals surface area contributed by atoms with Crippen LogP contribution in [0.4, 0.5) is 0 Å². The summed E-state index contributed by atoms with van der Waals surface area (Å²) in [6.07, 6.45) is 3.81. The van der Waals surface area contributed by atoms with Gasteiger partial charge in [0.25, 0.3) is 0 Å². The largest absolute Gasteiger partial charge is 0.275 e. The standard InChI is InChI=1S/C10H18N4/c1-8(2)4-5-9(12-11)10-6-7-14(3)13-10/h6-7,9,12H,1,4-5,11H2,2-3H3. The van der Waals surface area contributed by atoms with Crippen molar-refractivity contribution in [3.8, 4) is 0 Å². The summed E-state index contributed by atoms with van der Waals surface area (Å²) in [4.78, 5) is 0. The van der Waals surface area contributed by atoms with Gasteiger partial charge in [-0.1, -0.05) is 5.57 Å². The number of nitrogens with one attached hydrogen (secondary N) is 1. The van der Waals surface area contributed by atoms with E-state index in [4.69, 9.17) is 5.84 Å². The van der Waals surface area contributed by atoms with Gasteiger partial charge in [0.15, 0.2) is 0 Å². The molecule has 1 heterocycles. The fraction of sp³-hybridized carbons (Fsp3) is 0.500. The Morgan fingerprint density at radius 3 is 2.93 bits per heavy atom. The minimum atomic E-state index is 0.118. The molecule has 0 saturated carbocycles. The van der Waals surface area contributed by atoms with Gasteiger partial charge in [0.1, 0.15) is 0 Å². The lowest BCUT2D eigenvalue weighted by Gasteiger charge is -2.12. The summed E-state index contributed by atoms with van der Waals surface area (Å²) >= 11 is 0. The SMILES string of the molecule is C=C(C)CCC(NN)c1ccn(C)n1. The van der Waals surface area contributed by atoms with E-state index in [0.29, 0.717) is 0 Å². The predicted molar refractivity (Wildman–Crippen MR) is 57.3 cm³/mol. The molecule has 0 bridgehead atoms. The first-order valence-electron chi connectivity index (χ1n) is 4.73. The van der Waals surface area contributed by atoms with Crippen molar-refractivity contribution in [3.05, 3.63) is 30.1 Å². The molecule has 1 aromatic heterocycles. The highest BCUT2D eigenvalue weighted by Crippen LogP contribution is 2.17. The van der Waals surface area contributed by atoms with Gasteiger partial charge in [-0.25, -0.2) is 0 Å². The molecule has 0 spiro atoms. The minimum Gasteiger partial charge on any atom is -0.275 e. The Balaban J connectivity index is 2.58. The molecule has 0 aliphatic carbocycles. The molecular formula is C10H18N4. The minimum absolute atomic E-state index is 0.118. The number of rotatable bonds is 5. The second-order valence-electron chi connectivity index (χ2n) is 3.63. The lowest BCUT2D eigenvalue weighted by atomic mass is 10.1. The number of aromatic nitrogens is 2. The zero-order valence-corrected chi connectivity index (χ0v) is 8.83. The van der Waals surface area contributed by atoms with Crippen LogP contribution in [0.1, 0.15) is 31.5 Å². The van der Waals surface area contributed by atoms with Gasteiger partial charge in [0, 0.05) is 13.2 Å². The molecule has 1 aromatic rings. The van der Waals surface area contributed by atoms with Crippen LogP contribution >= 0.6 is 0 Å². The van der Waals surface area contributed by atoms with Gasteiger partial charge in [0.05, 0.1) is 11.7 Å². The summed E-state index contributed by atoms with van der Waals surface area (Å²) in [5.74, 6) is 5.47. The average molecular weight is 194 g/mol. The second-order valence-corrected chi connectivity index (χ2v) is 3.63. The van der Waals surface area contributed by atoms with Crippen molar-refractivity contribution >= 4 is 0 Å². The van der Waals surface area contributed by atoms with Crippen LogP contribution in [0.25, 0.3) is 0 Å². The molecule has 4 heteroatoms. The van der Waals surface area contributed by atoms with Crippen LogP contribution in [-0.4, -0.2) is 9.78 Å². The van der Waals surface area contributed by atoms with E-state index in [2.05, 4.69) is 17.1 Å². The van der Waals surface area contributed by atoms with Gasteiger partial charge in [-0.2, -0.15) is 5.10 Å². The number of aryl methyl sites for hydroxylation is 1. The maximum Gasteiger partial charge on any atom is 0.0807 e. The monoisotopic (exact) mass is 194 g/mol. The number of allylic oxidation sites excluding steroid dienone is 1. The highest BCUT2D eigenvalue weighted by atomic mass is 15.3. The van der Waals surface area contributed by atoms with Gasteiger partial charge >= 0.3 is 0 Å². The Bertz CT molecular complexity index is 303. The van der Waals surface area contributed by atoms with E-state index in [1.54, 1.807) is 4.68 Å². The van der Waals surface area contributed by atoms with Gasteiger partial charge in [0.2, 0.25) is 0 Å². The van der Waals surface area contributed by atoms with Crippen LogP contribution in [0.5, 0.6) is 0 Å². The van der Waals surface area contributed by atoms with E-state index in [1.165, 1.54) is 5.57 Å². The van der Waals surface area contributed by atoms with Gasteiger partial charge in [-0.3, -0.25) is 16.0 Å². The molecule has 1 rings (SSSR count). The van der Waals surface area contributed by atoms with Crippen molar-refractivity contribution < 1.29 is 0 Å². The van der Waals surface area contributed by atoms with E-state index in [-0.39, 0.29) is 6.04 Å². The van der Waals surface area contributed by atoms with Crippen LogP contribution < -0.4 is 11.3 Å². The molecule has 4 nitrogen and oxygen atoms in total. The van der Waals surface area contributed by atoms with E-state index in [0.717, 1.165) is 18.5 Å². The van der Waals surface area contributed by atoms with E-state index >= 15 is 0 Å². The molecule has 0 amide bonds. The third kappa shape index (κ3) is 2.97. The third-order valence-corrected chi connectivity index (χ3v) is 2.15. The van der Waals surface area contributed by atoms with Crippen molar-refractivity contribution in [2.24, 2.45) is 12.9 Å². The fourth-order valence-corrected chi connectivity index (χ4v) is 1.33. The molecule has 0 radical (unpaired) electrons. The molecular weight excluding hydrogens is 176 g/mol.